The summed E-state index contributed by atoms with van der Waals surface area (Å²) < 4.78 is 34.3. The van der Waals surface area contributed by atoms with E-state index in [-0.39, 0.29) is 17.2 Å². The summed E-state index contributed by atoms with van der Waals surface area (Å²) >= 11 is 0. The quantitative estimate of drug-likeness (QED) is 0.530. The van der Waals surface area contributed by atoms with E-state index in [9.17, 15) is 13.2 Å². The van der Waals surface area contributed by atoms with Crippen molar-refractivity contribution in [3.05, 3.63) is 47.8 Å². The van der Waals surface area contributed by atoms with Crippen molar-refractivity contribution >= 4 is 32.7 Å². The first-order chi connectivity index (χ1) is 15.2. The first kappa shape index (κ1) is 23.7. The van der Waals surface area contributed by atoms with Gasteiger partial charge in [0.1, 0.15) is 11.6 Å². The number of sulfonamides is 1. The van der Waals surface area contributed by atoms with Gasteiger partial charge in [-0.15, -0.1) is 0 Å². The minimum absolute atomic E-state index is 0.147. The van der Waals surface area contributed by atoms with Gasteiger partial charge in [-0.2, -0.15) is 4.31 Å². The molecule has 0 bridgehead atoms. The minimum atomic E-state index is -3.56. The molecule has 1 amide bonds. The Kier molecular flexibility index (Phi) is 7.20. The smallest absolute Gasteiger partial charge is 0.243 e. The lowest BCUT2D eigenvalue weighted by atomic mass is 10.2. The molecule has 3 rings (SSSR count). The van der Waals surface area contributed by atoms with Crippen molar-refractivity contribution in [2.75, 3.05) is 25.5 Å². The Balaban J connectivity index is 1.78. The molecule has 1 heterocycles. The summed E-state index contributed by atoms with van der Waals surface area (Å²) in [4.78, 5) is 17.4. The third-order valence-corrected chi connectivity index (χ3v) is 7.54. The van der Waals surface area contributed by atoms with Crippen molar-refractivity contribution < 1.29 is 17.9 Å². The molecule has 0 saturated carbocycles. The lowest BCUT2D eigenvalue weighted by Gasteiger charge is -2.18. The molecule has 0 aliphatic heterocycles. The molecule has 0 aliphatic rings. The molecule has 8 nitrogen and oxygen atoms in total. The van der Waals surface area contributed by atoms with E-state index in [0.717, 1.165) is 11.1 Å². The van der Waals surface area contributed by atoms with Crippen LogP contribution in [-0.2, 0) is 28.3 Å². The van der Waals surface area contributed by atoms with Gasteiger partial charge in [0.05, 0.1) is 28.7 Å². The minimum Gasteiger partial charge on any atom is -0.495 e. The molecule has 0 aliphatic carbocycles. The molecular weight excluding hydrogens is 428 g/mol. The van der Waals surface area contributed by atoms with Crippen molar-refractivity contribution in [1.82, 2.24) is 13.9 Å². The second-order valence-electron chi connectivity index (χ2n) is 7.58. The third-order valence-electron chi connectivity index (χ3n) is 5.49. The summed E-state index contributed by atoms with van der Waals surface area (Å²) in [7, 11) is -0.129. The van der Waals surface area contributed by atoms with E-state index in [1.54, 1.807) is 25.3 Å². The number of carbonyl (C=O) groups is 1. The fourth-order valence-electron chi connectivity index (χ4n) is 3.68. The van der Waals surface area contributed by atoms with Crippen LogP contribution in [0, 0.1) is 6.92 Å². The van der Waals surface area contributed by atoms with Crippen molar-refractivity contribution in [3.8, 4) is 5.75 Å². The normalized spacial score (nSPS) is 11.8. The summed E-state index contributed by atoms with van der Waals surface area (Å²) in [6.45, 7) is 6.39. The second-order valence-corrected chi connectivity index (χ2v) is 9.52. The number of fused-ring (bicyclic) bond motifs is 1. The summed E-state index contributed by atoms with van der Waals surface area (Å²) in [5.74, 6) is 1.17. The predicted octanol–water partition coefficient (Wildman–Crippen LogP) is 3.49. The molecule has 9 heteroatoms. The van der Waals surface area contributed by atoms with Crippen LogP contribution in [0.3, 0.4) is 0 Å². The molecule has 1 N–H and O–H groups in total. The van der Waals surface area contributed by atoms with E-state index in [2.05, 4.69) is 10.3 Å². The Labute approximate surface area is 189 Å². The first-order valence-electron chi connectivity index (χ1n) is 10.6. The van der Waals surface area contributed by atoms with E-state index in [1.165, 1.54) is 4.31 Å². The number of amides is 1. The van der Waals surface area contributed by atoms with Crippen molar-refractivity contribution in [3.63, 3.8) is 0 Å². The maximum absolute atomic E-state index is 12.8. The zero-order valence-corrected chi connectivity index (χ0v) is 20.0. The van der Waals surface area contributed by atoms with E-state index >= 15 is 0 Å². The number of nitrogens with zero attached hydrogens (tertiary/aromatic N) is 3. The average Bonchev–Trinajstić information content (AvgIpc) is 3.08. The van der Waals surface area contributed by atoms with Gasteiger partial charge < -0.3 is 14.6 Å². The number of aromatic nitrogens is 2. The standard InChI is InChI=1S/C23H30N4O4S/c1-6-27(7-2)32(29,30)17-9-10-20-18(15-17)24-22(26(20)4)12-13-23(28)25-19-14-16(3)8-11-21(19)31-5/h8-11,14-15H,6-7,12-13H2,1-5H3,(H,25,28). The van der Waals surface area contributed by atoms with Crippen LogP contribution in [0.25, 0.3) is 11.0 Å². The average molecular weight is 459 g/mol. The molecule has 0 saturated heterocycles. The van der Waals surface area contributed by atoms with Gasteiger partial charge in [0.25, 0.3) is 0 Å². The number of ether oxygens (including phenoxy) is 1. The first-order valence-corrected chi connectivity index (χ1v) is 12.0. The van der Waals surface area contributed by atoms with Gasteiger partial charge in [0.15, 0.2) is 0 Å². The highest BCUT2D eigenvalue weighted by atomic mass is 32.2. The van der Waals surface area contributed by atoms with Gasteiger partial charge in [-0.25, -0.2) is 13.4 Å². The molecule has 0 radical (unpaired) electrons. The third kappa shape index (κ3) is 4.78. The molecule has 0 spiro atoms. The van der Waals surface area contributed by atoms with Crippen LogP contribution >= 0.6 is 0 Å². The van der Waals surface area contributed by atoms with Crippen molar-refractivity contribution in [1.29, 1.82) is 0 Å². The van der Waals surface area contributed by atoms with Crippen molar-refractivity contribution in [2.45, 2.75) is 38.5 Å². The number of benzene rings is 2. The number of imidazole rings is 1. The summed E-state index contributed by atoms with van der Waals surface area (Å²) in [5, 5.41) is 2.89. The zero-order chi connectivity index (χ0) is 23.5. The van der Waals surface area contributed by atoms with Gasteiger partial charge in [-0.3, -0.25) is 4.79 Å². The van der Waals surface area contributed by atoms with Gasteiger partial charge in [0, 0.05) is 33.0 Å². The Hall–Kier alpha value is -2.91. The molecule has 2 aromatic carbocycles. The van der Waals surface area contributed by atoms with Crippen LogP contribution in [0.2, 0.25) is 0 Å². The highest BCUT2D eigenvalue weighted by Gasteiger charge is 2.23. The summed E-state index contributed by atoms with van der Waals surface area (Å²) in [6, 6.07) is 10.6. The highest BCUT2D eigenvalue weighted by molar-refractivity contribution is 7.89. The molecule has 0 unspecified atom stereocenters. The van der Waals surface area contributed by atoms with E-state index in [0.29, 0.717) is 42.3 Å². The molecule has 3 aromatic rings. The zero-order valence-electron chi connectivity index (χ0n) is 19.2. The van der Waals surface area contributed by atoms with Crippen LogP contribution < -0.4 is 10.1 Å². The maximum Gasteiger partial charge on any atom is 0.243 e. The molecule has 1 aromatic heterocycles. The number of hydrogen-bond donors (Lipinski definition) is 1. The number of hydrogen-bond acceptors (Lipinski definition) is 5. The van der Waals surface area contributed by atoms with Crippen LogP contribution in [0.1, 0.15) is 31.7 Å². The Morgan fingerprint density at radius 2 is 1.88 bits per heavy atom. The van der Waals surface area contributed by atoms with Gasteiger partial charge in [-0.1, -0.05) is 19.9 Å². The number of nitrogens with one attached hydrogen (secondary N) is 1. The van der Waals surface area contributed by atoms with Crippen LogP contribution in [-0.4, -0.2) is 48.4 Å². The monoisotopic (exact) mass is 458 g/mol. The lowest BCUT2D eigenvalue weighted by Crippen LogP contribution is -2.30. The van der Waals surface area contributed by atoms with Gasteiger partial charge >= 0.3 is 0 Å². The Bertz CT molecular complexity index is 1230. The number of methoxy groups -OCH3 is 1. The Morgan fingerprint density at radius 3 is 2.53 bits per heavy atom. The van der Waals surface area contributed by atoms with Crippen LogP contribution in [0.5, 0.6) is 5.75 Å². The van der Waals surface area contributed by atoms with Crippen molar-refractivity contribution in [2.24, 2.45) is 7.05 Å². The topological polar surface area (TPSA) is 93.5 Å². The predicted molar refractivity (Wildman–Crippen MR) is 126 cm³/mol. The molecule has 0 atom stereocenters. The molecule has 172 valence electrons. The van der Waals surface area contributed by atoms with Crippen LogP contribution in [0.15, 0.2) is 41.3 Å². The summed E-state index contributed by atoms with van der Waals surface area (Å²) in [5.41, 5.74) is 3.07. The fraction of sp³-hybridized carbons (Fsp3) is 0.391. The molecule has 0 fully saturated rings. The number of anilines is 1. The largest absolute Gasteiger partial charge is 0.495 e. The molecular formula is C23H30N4O4S. The number of carbonyl (C=O) groups excluding carboxylic acids is 1. The lowest BCUT2D eigenvalue weighted by molar-refractivity contribution is -0.116. The fourth-order valence-corrected chi connectivity index (χ4v) is 5.16. The van der Waals surface area contributed by atoms with E-state index in [4.69, 9.17) is 4.74 Å². The van der Waals surface area contributed by atoms with E-state index in [1.807, 2.05) is 50.6 Å². The van der Waals surface area contributed by atoms with Gasteiger partial charge in [0.2, 0.25) is 15.9 Å². The number of aryl methyl sites for hydroxylation is 3. The summed E-state index contributed by atoms with van der Waals surface area (Å²) in [6.07, 6.45) is 0.655. The Morgan fingerprint density at radius 1 is 1.16 bits per heavy atom. The van der Waals surface area contributed by atoms with E-state index < -0.39 is 10.0 Å². The number of rotatable bonds is 9. The van der Waals surface area contributed by atoms with Crippen LogP contribution in [0.4, 0.5) is 5.69 Å². The molecule has 32 heavy (non-hydrogen) atoms. The van der Waals surface area contributed by atoms with Gasteiger partial charge in [-0.05, 0) is 42.8 Å². The highest BCUT2D eigenvalue weighted by Crippen LogP contribution is 2.26. The SMILES string of the molecule is CCN(CC)S(=O)(=O)c1ccc2c(c1)nc(CCC(=O)Nc1cc(C)ccc1OC)n2C. The maximum atomic E-state index is 12.8. The second kappa shape index (κ2) is 9.70.